The maximum absolute atomic E-state index is 13.2. The number of carbonyl (C=O) groups excluding carboxylic acids is 1. The number of benzene rings is 3. The molecular weight excluding hydrogens is 555 g/mol. The van der Waals surface area contributed by atoms with E-state index < -0.39 is 28.3 Å². The first-order valence-corrected chi connectivity index (χ1v) is 13.7. The van der Waals surface area contributed by atoms with Crippen molar-refractivity contribution in [1.82, 2.24) is 14.3 Å². The van der Waals surface area contributed by atoms with E-state index in [4.69, 9.17) is 9.47 Å². The van der Waals surface area contributed by atoms with Crippen molar-refractivity contribution in [2.45, 2.75) is 49.6 Å². The van der Waals surface area contributed by atoms with Gasteiger partial charge >= 0.3 is 17.8 Å². The van der Waals surface area contributed by atoms with Gasteiger partial charge in [0.15, 0.2) is 11.9 Å². The van der Waals surface area contributed by atoms with Crippen molar-refractivity contribution in [2.75, 3.05) is 6.61 Å². The van der Waals surface area contributed by atoms with Gasteiger partial charge in [-0.3, -0.25) is 9.36 Å². The lowest BCUT2D eigenvalue weighted by atomic mass is 10.1. The van der Waals surface area contributed by atoms with Crippen molar-refractivity contribution in [3.63, 3.8) is 0 Å². The minimum Gasteiger partial charge on any atom is -0.477 e. The zero-order chi connectivity index (χ0) is 29.9. The van der Waals surface area contributed by atoms with E-state index in [1.165, 1.54) is 35.5 Å². The molecule has 216 valence electrons. The van der Waals surface area contributed by atoms with Crippen LogP contribution in [0.4, 0.5) is 13.2 Å². The number of ether oxygens (including phenoxy) is 2. The third-order valence-electron chi connectivity index (χ3n) is 6.32. The zero-order valence-electron chi connectivity index (χ0n) is 23.2. The van der Waals surface area contributed by atoms with Crippen LogP contribution in [0.3, 0.4) is 0 Å². The van der Waals surface area contributed by atoms with E-state index in [9.17, 15) is 22.8 Å². The molecule has 41 heavy (non-hydrogen) atoms. The molecule has 0 aliphatic rings. The van der Waals surface area contributed by atoms with E-state index in [0.29, 0.717) is 12.4 Å². The lowest BCUT2D eigenvalue weighted by Gasteiger charge is -2.23. The summed E-state index contributed by atoms with van der Waals surface area (Å²) in [5, 5.41) is 4.48. The molecule has 0 spiro atoms. The van der Waals surface area contributed by atoms with Crippen molar-refractivity contribution < 1.29 is 27.4 Å². The van der Waals surface area contributed by atoms with Gasteiger partial charge in [0.2, 0.25) is 0 Å². The number of halogens is 3. The van der Waals surface area contributed by atoms with Crippen molar-refractivity contribution in [3.05, 3.63) is 106 Å². The maximum atomic E-state index is 13.2. The van der Waals surface area contributed by atoms with Gasteiger partial charge in [-0.25, -0.2) is 4.79 Å². The predicted octanol–water partition coefficient (Wildman–Crippen LogP) is 6.50. The fraction of sp³-hybridized carbons (Fsp3) is 0.300. The second-order valence-corrected chi connectivity index (χ2v) is 11.5. The summed E-state index contributed by atoms with van der Waals surface area (Å²) < 4.78 is 52.4. The van der Waals surface area contributed by atoms with E-state index in [1.807, 2.05) is 49.4 Å². The number of rotatable bonds is 9. The maximum Gasteiger partial charge on any atom is 0.416 e. The molecule has 1 aromatic heterocycles. The third kappa shape index (κ3) is 6.67. The van der Waals surface area contributed by atoms with Crippen LogP contribution in [0, 0.1) is 6.92 Å². The Morgan fingerprint density at radius 2 is 1.68 bits per heavy atom. The van der Waals surface area contributed by atoms with Gasteiger partial charge in [0.25, 0.3) is 0 Å². The summed E-state index contributed by atoms with van der Waals surface area (Å²) in [5.41, 5.74) is 0.357. The van der Waals surface area contributed by atoms with Crippen LogP contribution in [-0.2, 0) is 22.8 Å². The number of aromatic nitrogens is 3. The summed E-state index contributed by atoms with van der Waals surface area (Å²) in [7, 11) is 1.54. The lowest BCUT2D eigenvalue weighted by Crippen LogP contribution is -2.29. The number of carbonyl (C=O) groups is 1. The van der Waals surface area contributed by atoms with E-state index in [0.717, 1.165) is 32.8 Å². The van der Waals surface area contributed by atoms with Crippen molar-refractivity contribution in [2.24, 2.45) is 7.05 Å². The van der Waals surface area contributed by atoms with Crippen LogP contribution in [0.25, 0.3) is 5.69 Å². The Morgan fingerprint density at radius 1 is 1.02 bits per heavy atom. The number of hydrogen-bond donors (Lipinski definition) is 0. The van der Waals surface area contributed by atoms with E-state index in [2.05, 4.69) is 5.10 Å². The smallest absolute Gasteiger partial charge is 0.416 e. The van der Waals surface area contributed by atoms with Gasteiger partial charge in [0.05, 0.1) is 17.9 Å². The quantitative estimate of drug-likeness (QED) is 0.165. The summed E-state index contributed by atoms with van der Waals surface area (Å²) >= 11 is 1.37. The molecule has 0 fully saturated rings. The SMILES string of the molecule is CCOC(=O)C(C)(C)Sc1ccc(OC(c2ccccc2)c2nn(-c3ccc(C(F)(F)F)cc3)c(=O)n2C)c(C)c1. The third-order valence-corrected chi connectivity index (χ3v) is 7.49. The second kappa shape index (κ2) is 11.9. The van der Waals surface area contributed by atoms with Crippen LogP contribution in [0.1, 0.15) is 49.4 Å². The molecule has 0 saturated heterocycles. The average molecular weight is 586 g/mol. The van der Waals surface area contributed by atoms with Crippen LogP contribution in [-0.4, -0.2) is 31.7 Å². The normalized spacial score (nSPS) is 12.7. The Balaban J connectivity index is 1.69. The minimum absolute atomic E-state index is 0.193. The molecular formula is C30H30F3N3O4S. The molecule has 0 N–H and O–H groups in total. The lowest BCUT2D eigenvalue weighted by molar-refractivity contribution is -0.145. The fourth-order valence-electron chi connectivity index (χ4n) is 4.12. The summed E-state index contributed by atoms with van der Waals surface area (Å²) in [6, 6.07) is 19.0. The molecule has 1 unspecified atom stereocenters. The number of esters is 1. The summed E-state index contributed by atoms with van der Waals surface area (Å²) in [4.78, 5) is 26.4. The van der Waals surface area contributed by atoms with Crippen LogP contribution < -0.4 is 10.4 Å². The van der Waals surface area contributed by atoms with Gasteiger partial charge in [-0.15, -0.1) is 16.9 Å². The van der Waals surface area contributed by atoms with Gasteiger partial charge in [-0.1, -0.05) is 30.3 Å². The van der Waals surface area contributed by atoms with Crippen LogP contribution in [0.2, 0.25) is 0 Å². The van der Waals surface area contributed by atoms with E-state index >= 15 is 0 Å². The van der Waals surface area contributed by atoms with Crippen molar-refractivity contribution in [1.29, 1.82) is 0 Å². The molecule has 1 heterocycles. The molecule has 0 aliphatic carbocycles. The Bertz CT molecular complexity index is 1580. The molecule has 1 atom stereocenters. The highest BCUT2D eigenvalue weighted by molar-refractivity contribution is 8.01. The molecule has 0 radical (unpaired) electrons. The molecule has 0 saturated carbocycles. The summed E-state index contributed by atoms with van der Waals surface area (Å²) in [6.07, 6.45) is -5.30. The van der Waals surface area contributed by atoms with Gasteiger partial charge in [-0.2, -0.15) is 17.9 Å². The molecule has 4 aromatic rings. The summed E-state index contributed by atoms with van der Waals surface area (Å²) in [5.74, 6) is 0.493. The second-order valence-electron chi connectivity index (χ2n) is 9.82. The molecule has 7 nitrogen and oxygen atoms in total. The number of alkyl halides is 3. The largest absolute Gasteiger partial charge is 0.477 e. The predicted molar refractivity (Wildman–Crippen MR) is 150 cm³/mol. The highest BCUT2D eigenvalue weighted by Crippen LogP contribution is 2.37. The Kier molecular flexibility index (Phi) is 8.67. The van der Waals surface area contributed by atoms with E-state index in [-0.39, 0.29) is 17.5 Å². The highest BCUT2D eigenvalue weighted by atomic mass is 32.2. The number of aryl methyl sites for hydroxylation is 1. The van der Waals surface area contributed by atoms with Gasteiger partial charge in [-0.05, 0) is 75.7 Å². The van der Waals surface area contributed by atoms with Gasteiger partial charge in [0, 0.05) is 17.5 Å². The van der Waals surface area contributed by atoms with E-state index in [1.54, 1.807) is 26.8 Å². The van der Waals surface area contributed by atoms with Crippen LogP contribution in [0.15, 0.2) is 82.5 Å². The Hall–Kier alpha value is -3.99. The molecule has 0 aliphatic heterocycles. The van der Waals surface area contributed by atoms with Crippen LogP contribution in [0.5, 0.6) is 5.75 Å². The van der Waals surface area contributed by atoms with Crippen molar-refractivity contribution in [3.8, 4) is 11.4 Å². The first kappa shape index (κ1) is 30.0. The molecule has 0 bridgehead atoms. The Morgan fingerprint density at radius 3 is 2.27 bits per heavy atom. The van der Waals surface area contributed by atoms with Crippen LogP contribution >= 0.6 is 11.8 Å². The van der Waals surface area contributed by atoms with Crippen molar-refractivity contribution >= 4 is 17.7 Å². The number of hydrogen-bond acceptors (Lipinski definition) is 6. The minimum atomic E-state index is -4.49. The molecule has 4 rings (SSSR count). The topological polar surface area (TPSA) is 75.3 Å². The standard InChI is InChI=1S/C30H30F3N3O4S/c1-6-39-27(37)29(3,4)41-23-16-17-24(19(2)18-23)40-25(20-10-8-7-9-11-20)26-34-36(28(38)35(26)5)22-14-12-21(13-15-22)30(31,32)33/h7-18,25H,6H2,1-5H3. The Labute approximate surface area is 239 Å². The average Bonchev–Trinajstić information content (AvgIpc) is 3.22. The summed E-state index contributed by atoms with van der Waals surface area (Å²) in [6.45, 7) is 7.54. The molecule has 0 amide bonds. The molecule has 11 heteroatoms. The number of thioether (sulfide) groups is 1. The molecule has 3 aromatic carbocycles. The van der Waals surface area contributed by atoms with Gasteiger partial charge in [0.1, 0.15) is 10.5 Å². The first-order valence-electron chi connectivity index (χ1n) is 12.8. The first-order chi connectivity index (χ1) is 19.3. The fourth-order valence-corrected chi connectivity index (χ4v) is 5.23. The highest BCUT2D eigenvalue weighted by Gasteiger charge is 2.32. The van der Waals surface area contributed by atoms with Gasteiger partial charge < -0.3 is 9.47 Å². The number of nitrogens with zero attached hydrogens (tertiary/aromatic N) is 3. The monoisotopic (exact) mass is 585 g/mol. The zero-order valence-corrected chi connectivity index (χ0v) is 24.0.